The molecule has 2 rings (SSSR count). The van der Waals surface area contributed by atoms with E-state index in [9.17, 15) is 14.9 Å². The second-order valence-electron chi connectivity index (χ2n) is 4.81. The number of para-hydroxylation sites is 1. The summed E-state index contributed by atoms with van der Waals surface area (Å²) < 4.78 is 5.89. The highest BCUT2D eigenvalue weighted by Crippen LogP contribution is 2.34. The van der Waals surface area contributed by atoms with Crippen LogP contribution in [0.5, 0.6) is 5.75 Å². The molecule has 0 saturated heterocycles. The van der Waals surface area contributed by atoms with E-state index in [-0.39, 0.29) is 30.5 Å². The van der Waals surface area contributed by atoms with Crippen molar-refractivity contribution in [3.8, 4) is 5.75 Å². The van der Waals surface area contributed by atoms with Gasteiger partial charge in [0.15, 0.2) is 0 Å². The van der Waals surface area contributed by atoms with Crippen molar-refractivity contribution in [3.05, 3.63) is 32.8 Å². The number of hydrogen-bond donors (Lipinski definition) is 2. The monoisotopic (exact) mass is 358 g/mol. The molecule has 0 heterocycles. The van der Waals surface area contributed by atoms with Crippen molar-refractivity contribution in [2.75, 3.05) is 6.61 Å². The minimum absolute atomic E-state index is 0.0835. The normalized spacial score (nSPS) is 15.5. The van der Waals surface area contributed by atoms with Crippen LogP contribution in [0.4, 0.5) is 5.69 Å². The van der Waals surface area contributed by atoms with Gasteiger partial charge in [0.1, 0.15) is 6.04 Å². The van der Waals surface area contributed by atoms with Crippen molar-refractivity contribution in [1.29, 1.82) is 0 Å². The summed E-state index contributed by atoms with van der Waals surface area (Å²) in [6.45, 7) is 0.0835. The fourth-order valence-corrected chi connectivity index (χ4v) is 2.35. The van der Waals surface area contributed by atoms with Gasteiger partial charge in [-0.05, 0) is 34.8 Å². The van der Waals surface area contributed by atoms with Crippen LogP contribution in [0.3, 0.4) is 0 Å². The Morgan fingerprint density at radius 1 is 1.57 bits per heavy atom. The topological polar surface area (TPSA) is 102 Å². The van der Waals surface area contributed by atoms with Gasteiger partial charge in [0.2, 0.25) is 5.75 Å². The van der Waals surface area contributed by atoms with E-state index < -0.39 is 16.9 Å². The molecule has 0 aromatic heterocycles. The molecule has 0 aliphatic heterocycles. The molecule has 0 spiro atoms. The zero-order chi connectivity index (χ0) is 15.4. The van der Waals surface area contributed by atoms with Crippen molar-refractivity contribution < 1.29 is 19.6 Å². The van der Waals surface area contributed by atoms with E-state index in [4.69, 9.17) is 9.84 Å². The first-order valence-electron chi connectivity index (χ1n) is 6.53. The van der Waals surface area contributed by atoms with Crippen LogP contribution in [0.2, 0.25) is 0 Å². The van der Waals surface area contributed by atoms with E-state index in [1.54, 1.807) is 12.1 Å². The van der Waals surface area contributed by atoms with E-state index in [0.29, 0.717) is 4.47 Å². The van der Waals surface area contributed by atoms with Crippen molar-refractivity contribution in [1.82, 2.24) is 5.32 Å². The Morgan fingerprint density at radius 3 is 2.86 bits per heavy atom. The number of aliphatic carboxylic acids is 1. The van der Waals surface area contributed by atoms with Gasteiger partial charge < -0.3 is 15.2 Å². The predicted molar refractivity (Wildman–Crippen MR) is 78.5 cm³/mol. The largest absolute Gasteiger partial charge is 0.486 e. The molecule has 0 radical (unpaired) electrons. The number of nitro groups is 1. The molecule has 8 heteroatoms. The number of halogens is 1. The molecule has 1 fully saturated rings. The minimum atomic E-state index is -0.938. The Kier molecular flexibility index (Phi) is 5.13. The Labute approximate surface area is 129 Å². The van der Waals surface area contributed by atoms with Gasteiger partial charge in [-0.15, -0.1) is 0 Å². The molecule has 1 saturated carbocycles. The summed E-state index contributed by atoms with van der Waals surface area (Å²) in [5.74, 6) is -0.815. The quantitative estimate of drug-likeness (QED) is 0.546. The number of ether oxygens (including phenoxy) is 1. The van der Waals surface area contributed by atoms with Crippen LogP contribution in [-0.4, -0.2) is 34.7 Å². The lowest BCUT2D eigenvalue weighted by Crippen LogP contribution is -2.39. The molecule has 2 N–H and O–H groups in total. The molecule has 1 aromatic carbocycles. The zero-order valence-electron chi connectivity index (χ0n) is 11.1. The number of carboxylic acid groups (broad SMARTS) is 1. The highest BCUT2D eigenvalue weighted by molar-refractivity contribution is 9.10. The number of carboxylic acids is 1. The standard InChI is InChI=1S/C13H15BrN2O5/c14-9-2-1-3-11(16(19)20)12(9)21-7-6-10(13(17)18)15-8-4-5-8/h1-3,8,10,15H,4-7H2,(H,17,18). The van der Waals surface area contributed by atoms with Crippen molar-refractivity contribution in [2.45, 2.75) is 31.3 Å². The van der Waals surface area contributed by atoms with Gasteiger partial charge in [0.25, 0.3) is 0 Å². The number of nitro benzene ring substituents is 1. The van der Waals surface area contributed by atoms with Crippen LogP contribution in [0.25, 0.3) is 0 Å². The van der Waals surface area contributed by atoms with Crippen LogP contribution >= 0.6 is 15.9 Å². The third-order valence-corrected chi connectivity index (χ3v) is 3.73. The Hall–Kier alpha value is -1.67. The third-order valence-electron chi connectivity index (χ3n) is 3.11. The van der Waals surface area contributed by atoms with E-state index in [1.807, 2.05) is 0 Å². The molecule has 1 unspecified atom stereocenters. The summed E-state index contributed by atoms with van der Waals surface area (Å²) in [6, 6.07) is 4.10. The molecule has 0 amide bonds. The van der Waals surface area contributed by atoms with E-state index in [1.165, 1.54) is 6.07 Å². The first kappa shape index (κ1) is 15.7. The van der Waals surface area contributed by atoms with E-state index in [0.717, 1.165) is 12.8 Å². The Morgan fingerprint density at radius 2 is 2.29 bits per heavy atom. The summed E-state index contributed by atoms with van der Waals surface area (Å²) in [6.07, 6.45) is 2.21. The Balaban J connectivity index is 1.95. The average molecular weight is 359 g/mol. The number of nitrogens with zero attached hydrogens (tertiary/aromatic N) is 1. The molecule has 1 aliphatic rings. The molecule has 21 heavy (non-hydrogen) atoms. The van der Waals surface area contributed by atoms with E-state index in [2.05, 4.69) is 21.2 Å². The molecule has 114 valence electrons. The lowest BCUT2D eigenvalue weighted by atomic mass is 10.2. The van der Waals surface area contributed by atoms with Gasteiger partial charge in [-0.25, -0.2) is 0 Å². The first-order valence-corrected chi connectivity index (χ1v) is 7.33. The summed E-state index contributed by atoms with van der Waals surface area (Å²) in [5, 5.41) is 23.0. The summed E-state index contributed by atoms with van der Waals surface area (Å²) >= 11 is 3.20. The maximum atomic E-state index is 11.1. The smallest absolute Gasteiger partial charge is 0.320 e. The lowest BCUT2D eigenvalue weighted by Gasteiger charge is -2.14. The van der Waals surface area contributed by atoms with Crippen LogP contribution in [0.1, 0.15) is 19.3 Å². The highest BCUT2D eigenvalue weighted by Gasteiger charge is 2.28. The van der Waals surface area contributed by atoms with Crippen LogP contribution in [0, 0.1) is 10.1 Å². The number of rotatable bonds is 8. The van der Waals surface area contributed by atoms with Gasteiger partial charge in [0.05, 0.1) is 16.0 Å². The van der Waals surface area contributed by atoms with Crippen molar-refractivity contribution >= 4 is 27.6 Å². The fraction of sp³-hybridized carbons (Fsp3) is 0.462. The maximum absolute atomic E-state index is 11.1. The number of carbonyl (C=O) groups is 1. The minimum Gasteiger partial charge on any atom is -0.486 e. The number of benzene rings is 1. The van der Waals surface area contributed by atoms with Gasteiger partial charge in [-0.1, -0.05) is 6.07 Å². The second kappa shape index (κ2) is 6.86. The summed E-state index contributed by atoms with van der Waals surface area (Å²) in [5.41, 5.74) is -0.147. The summed E-state index contributed by atoms with van der Waals surface area (Å²) in [4.78, 5) is 21.5. The van der Waals surface area contributed by atoms with Crippen molar-refractivity contribution in [3.63, 3.8) is 0 Å². The van der Waals surface area contributed by atoms with Crippen LogP contribution in [-0.2, 0) is 4.79 Å². The molecular weight excluding hydrogens is 344 g/mol. The van der Waals surface area contributed by atoms with Crippen molar-refractivity contribution in [2.24, 2.45) is 0 Å². The molecular formula is C13H15BrN2O5. The second-order valence-corrected chi connectivity index (χ2v) is 5.67. The first-order chi connectivity index (χ1) is 9.99. The summed E-state index contributed by atoms with van der Waals surface area (Å²) in [7, 11) is 0. The number of hydrogen-bond acceptors (Lipinski definition) is 5. The molecule has 1 aliphatic carbocycles. The number of nitrogens with one attached hydrogen (secondary N) is 1. The molecule has 1 aromatic rings. The SMILES string of the molecule is O=C(O)C(CCOc1c(Br)cccc1[N+](=O)[O-])NC1CC1. The Bertz CT molecular complexity index is 547. The third kappa shape index (κ3) is 4.40. The molecule has 1 atom stereocenters. The van der Waals surface area contributed by atoms with Crippen LogP contribution < -0.4 is 10.1 Å². The van der Waals surface area contributed by atoms with Gasteiger partial charge in [0, 0.05) is 18.5 Å². The van der Waals surface area contributed by atoms with E-state index >= 15 is 0 Å². The lowest BCUT2D eigenvalue weighted by molar-refractivity contribution is -0.386. The van der Waals surface area contributed by atoms with Gasteiger partial charge >= 0.3 is 11.7 Å². The van der Waals surface area contributed by atoms with Gasteiger partial charge in [-0.3, -0.25) is 14.9 Å². The molecule has 7 nitrogen and oxygen atoms in total. The average Bonchev–Trinajstić information content (AvgIpc) is 3.22. The van der Waals surface area contributed by atoms with Gasteiger partial charge in [-0.2, -0.15) is 0 Å². The van der Waals surface area contributed by atoms with Crippen LogP contribution in [0.15, 0.2) is 22.7 Å². The highest BCUT2D eigenvalue weighted by atomic mass is 79.9. The predicted octanol–water partition coefficient (Wildman–Crippen LogP) is 2.33. The molecule has 0 bridgehead atoms. The zero-order valence-corrected chi connectivity index (χ0v) is 12.7. The fourth-order valence-electron chi connectivity index (χ4n) is 1.88. The maximum Gasteiger partial charge on any atom is 0.320 e.